The van der Waals surface area contributed by atoms with Crippen LogP contribution in [-0.2, 0) is 0 Å². The minimum absolute atomic E-state index is 0.319. The van der Waals surface area contributed by atoms with Crippen molar-refractivity contribution in [1.29, 1.82) is 0 Å². The van der Waals surface area contributed by atoms with Crippen molar-refractivity contribution in [3.8, 4) is 12.0 Å². The summed E-state index contributed by atoms with van der Waals surface area (Å²) in [6.07, 6.45) is 2.00. The van der Waals surface area contributed by atoms with E-state index in [1.807, 2.05) is 0 Å². The lowest BCUT2D eigenvalue weighted by molar-refractivity contribution is 0.516. The van der Waals surface area contributed by atoms with Gasteiger partial charge in [-0.25, -0.2) is 0 Å². The zero-order valence-corrected chi connectivity index (χ0v) is 5.00. The van der Waals surface area contributed by atoms with Gasteiger partial charge in [-0.05, 0) is 0 Å². The van der Waals surface area contributed by atoms with Gasteiger partial charge >= 0.3 is 0 Å². The highest BCUT2D eigenvalue weighted by molar-refractivity contribution is 6.44. The van der Waals surface area contributed by atoms with Crippen molar-refractivity contribution in [3.63, 3.8) is 0 Å². The molecule has 0 aliphatic rings. The number of rotatable bonds is 1. The number of aliphatic hydroxyl groups is 1. The van der Waals surface area contributed by atoms with Gasteiger partial charge in [-0.3, -0.25) is 0 Å². The van der Waals surface area contributed by atoms with Crippen molar-refractivity contribution in [3.05, 3.63) is 0 Å². The summed E-state index contributed by atoms with van der Waals surface area (Å²) in [6.45, 7) is 0. The predicted octanol–water partition coefficient (Wildman–Crippen LogP) is 1.51. The average molecular weight is 139 g/mol. The lowest BCUT2D eigenvalue weighted by Crippen LogP contribution is -1.79. The van der Waals surface area contributed by atoms with Crippen molar-refractivity contribution in [2.75, 3.05) is 0 Å². The molecule has 0 aliphatic heterocycles. The summed E-state index contributed by atoms with van der Waals surface area (Å²) in [6, 6.07) is 0. The quantitative estimate of drug-likeness (QED) is 0.431. The van der Waals surface area contributed by atoms with E-state index in [1.54, 1.807) is 6.11 Å². The van der Waals surface area contributed by atoms with Gasteiger partial charge in [0.1, 0.15) is 10.9 Å². The fourth-order valence-corrected chi connectivity index (χ4v) is 0.277. The molecule has 0 aromatic heterocycles. The Balaban J connectivity index is 3.08. The Kier molecular flexibility index (Phi) is 4.07. The van der Waals surface area contributed by atoms with Crippen LogP contribution in [0.1, 0.15) is 6.42 Å². The maximum Gasteiger partial charge on any atom is 0.118 e. The molecule has 3 heteroatoms. The van der Waals surface area contributed by atoms with Crippen LogP contribution in [0.2, 0.25) is 0 Å². The van der Waals surface area contributed by atoms with E-state index in [9.17, 15) is 0 Å². The first-order chi connectivity index (χ1) is 3.27. The maximum absolute atomic E-state index is 7.84. The summed E-state index contributed by atoms with van der Waals surface area (Å²) >= 11 is 10.4. The zero-order valence-electron chi connectivity index (χ0n) is 3.49. The van der Waals surface area contributed by atoms with Crippen molar-refractivity contribution in [2.45, 2.75) is 11.3 Å². The molecule has 0 saturated carbocycles. The molecule has 0 unspecified atom stereocenters. The molecule has 0 heterocycles. The smallest absolute Gasteiger partial charge is 0.118 e. The molecule has 0 amide bonds. The van der Waals surface area contributed by atoms with Crippen molar-refractivity contribution in [2.24, 2.45) is 0 Å². The third-order valence-corrected chi connectivity index (χ3v) is 0.644. The molecule has 0 aliphatic carbocycles. The minimum atomic E-state index is -0.486. The number of hydrogen-bond donors (Lipinski definition) is 1. The number of hydrogen-bond acceptors (Lipinski definition) is 1. The largest absolute Gasteiger partial charge is 0.462 e. The third-order valence-electron chi connectivity index (χ3n) is 0.335. The Labute approximate surface area is 52.2 Å². The predicted molar refractivity (Wildman–Crippen MR) is 29.8 cm³/mol. The van der Waals surface area contributed by atoms with E-state index in [4.69, 9.17) is 28.3 Å². The molecule has 0 aromatic carbocycles. The van der Waals surface area contributed by atoms with Crippen LogP contribution in [0, 0.1) is 12.0 Å². The lowest BCUT2D eigenvalue weighted by Gasteiger charge is -1.84. The molecule has 40 valence electrons. The third kappa shape index (κ3) is 5.94. The fraction of sp³-hybridized carbons (Fsp3) is 0.500. The zero-order chi connectivity index (χ0) is 5.70. The van der Waals surface area contributed by atoms with Gasteiger partial charge in [-0.15, -0.1) is 23.2 Å². The highest BCUT2D eigenvalue weighted by atomic mass is 35.5. The van der Waals surface area contributed by atoms with E-state index >= 15 is 0 Å². The van der Waals surface area contributed by atoms with E-state index in [2.05, 4.69) is 5.92 Å². The number of halogens is 2. The summed E-state index contributed by atoms with van der Waals surface area (Å²) < 4.78 is 0. The molecular weight excluding hydrogens is 135 g/mol. The molecule has 1 N–H and O–H groups in total. The van der Waals surface area contributed by atoms with Crippen LogP contribution >= 0.6 is 23.2 Å². The van der Waals surface area contributed by atoms with Gasteiger partial charge in [0.2, 0.25) is 0 Å². The van der Waals surface area contributed by atoms with E-state index in [0.29, 0.717) is 6.42 Å². The van der Waals surface area contributed by atoms with Crippen LogP contribution in [-0.4, -0.2) is 9.94 Å². The summed E-state index contributed by atoms with van der Waals surface area (Å²) in [4.78, 5) is -0.486. The van der Waals surface area contributed by atoms with Gasteiger partial charge < -0.3 is 5.11 Å². The van der Waals surface area contributed by atoms with Crippen LogP contribution < -0.4 is 0 Å². The van der Waals surface area contributed by atoms with E-state index in [0.717, 1.165) is 0 Å². The van der Waals surface area contributed by atoms with Gasteiger partial charge in [0.15, 0.2) is 0 Å². The van der Waals surface area contributed by atoms with Gasteiger partial charge in [0, 0.05) is 6.42 Å². The average Bonchev–Trinajstić information content (AvgIpc) is 1.61. The molecule has 0 rings (SSSR count). The molecule has 0 fully saturated rings. The highest BCUT2D eigenvalue weighted by Crippen LogP contribution is 2.03. The fourth-order valence-electron chi connectivity index (χ4n) is 0.123. The van der Waals surface area contributed by atoms with Gasteiger partial charge in [-0.2, -0.15) is 0 Å². The monoisotopic (exact) mass is 138 g/mol. The summed E-state index contributed by atoms with van der Waals surface area (Å²) in [7, 11) is 0. The molecular formula is C4H4Cl2O. The van der Waals surface area contributed by atoms with E-state index in [1.165, 1.54) is 0 Å². The molecule has 0 aromatic rings. The second kappa shape index (κ2) is 4.11. The maximum atomic E-state index is 7.84. The van der Waals surface area contributed by atoms with Crippen molar-refractivity contribution >= 4 is 23.2 Å². The van der Waals surface area contributed by atoms with Crippen molar-refractivity contribution < 1.29 is 5.11 Å². The SMILES string of the molecule is OC#CCC(Cl)Cl. The van der Waals surface area contributed by atoms with E-state index < -0.39 is 4.84 Å². The first-order valence-electron chi connectivity index (χ1n) is 1.67. The van der Waals surface area contributed by atoms with Crippen LogP contribution in [0.25, 0.3) is 0 Å². The lowest BCUT2D eigenvalue weighted by atomic mass is 10.5. The first-order valence-corrected chi connectivity index (χ1v) is 2.54. The molecule has 7 heavy (non-hydrogen) atoms. The van der Waals surface area contributed by atoms with Gasteiger partial charge in [0.25, 0.3) is 0 Å². The molecule has 0 radical (unpaired) electrons. The van der Waals surface area contributed by atoms with Crippen LogP contribution in [0.15, 0.2) is 0 Å². The van der Waals surface area contributed by atoms with Crippen LogP contribution in [0.4, 0.5) is 0 Å². The van der Waals surface area contributed by atoms with Crippen molar-refractivity contribution in [1.82, 2.24) is 0 Å². The normalized spacial score (nSPS) is 7.86. The summed E-state index contributed by atoms with van der Waals surface area (Å²) in [5.41, 5.74) is 0. The minimum Gasteiger partial charge on any atom is -0.462 e. The molecule has 1 nitrogen and oxygen atoms in total. The summed E-state index contributed by atoms with van der Waals surface area (Å²) in [5.74, 6) is 2.29. The molecule has 0 saturated heterocycles. The molecule has 0 atom stereocenters. The highest BCUT2D eigenvalue weighted by Gasteiger charge is 1.90. The van der Waals surface area contributed by atoms with Crippen LogP contribution in [0.3, 0.4) is 0 Å². The Bertz CT molecular complexity index is 89.6. The van der Waals surface area contributed by atoms with Gasteiger partial charge in [-0.1, -0.05) is 5.92 Å². The summed E-state index contributed by atoms with van der Waals surface area (Å²) in [5, 5.41) is 7.84. The Morgan fingerprint density at radius 2 is 2.14 bits per heavy atom. The second-order valence-corrected chi connectivity index (χ2v) is 2.16. The topological polar surface area (TPSA) is 20.2 Å². The first kappa shape index (κ1) is 6.94. The number of alkyl halides is 2. The standard InChI is InChI=1S/C4H4Cl2O/c5-4(6)2-1-3-7/h4,7H,2H2. The van der Waals surface area contributed by atoms with Gasteiger partial charge in [0.05, 0.1) is 0 Å². The Morgan fingerprint density at radius 1 is 1.57 bits per heavy atom. The molecule has 0 spiro atoms. The molecule has 0 bridgehead atoms. The Hall–Kier alpha value is -0.0600. The van der Waals surface area contributed by atoms with Crippen LogP contribution in [0.5, 0.6) is 0 Å². The Morgan fingerprint density at radius 3 is 2.29 bits per heavy atom. The second-order valence-electron chi connectivity index (χ2n) is 0.884. The number of aliphatic hydroxyl groups excluding tert-OH is 1. The van der Waals surface area contributed by atoms with E-state index in [-0.39, 0.29) is 0 Å².